The zero-order chi connectivity index (χ0) is 35.7. The quantitative estimate of drug-likeness (QED) is 0.0514. The molecule has 0 radical (unpaired) electrons. The van der Waals surface area contributed by atoms with Gasteiger partial charge >= 0.3 is 5.97 Å². The van der Waals surface area contributed by atoms with E-state index in [-0.39, 0.29) is 43.8 Å². The van der Waals surface area contributed by atoms with Gasteiger partial charge < -0.3 is 28.7 Å². The van der Waals surface area contributed by atoms with E-state index in [4.69, 9.17) is 18.9 Å². The minimum atomic E-state index is -0.753. The van der Waals surface area contributed by atoms with E-state index < -0.39 is 11.0 Å². The van der Waals surface area contributed by atoms with Crippen LogP contribution >= 0.6 is 0 Å². The van der Waals surface area contributed by atoms with E-state index in [1.165, 1.54) is 0 Å². The number of benzene rings is 2. The van der Waals surface area contributed by atoms with Gasteiger partial charge in [0.15, 0.2) is 11.5 Å². The van der Waals surface area contributed by atoms with Crippen LogP contribution in [0.1, 0.15) is 108 Å². The standard InChI is InChI=1S/C38H55N3O9/c1-4-6-21-39(22-7-5-2)35(42)27-40-26-32(30-17-20-33-34(25-30)49-28-48-33)36(37(40)29-15-18-31(46-3)19-16-29)38(43)47-23-13-11-9-8-10-12-14-24-50-41(44)45/h15-20,25,32,36-37H,4-14,21-24,26-28H2,1-3H3/t32-,36-,37+/m1/s1. The lowest BCUT2D eigenvalue weighted by atomic mass is 9.82. The van der Waals surface area contributed by atoms with E-state index in [2.05, 4.69) is 23.6 Å². The zero-order valence-electron chi connectivity index (χ0n) is 30.0. The smallest absolute Gasteiger partial charge is 0.311 e. The van der Waals surface area contributed by atoms with Gasteiger partial charge in [-0.15, -0.1) is 10.1 Å². The maximum absolute atomic E-state index is 14.2. The second-order valence-corrected chi connectivity index (χ2v) is 13.2. The number of likely N-dealkylation sites (tertiary alicyclic amines) is 1. The molecule has 1 fully saturated rings. The third-order valence-corrected chi connectivity index (χ3v) is 9.64. The summed E-state index contributed by atoms with van der Waals surface area (Å²) in [6.07, 6.45) is 10.1. The number of nitrogens with zero attached hydrogens (tertiary/aromatic N) is 3. The lowest BCUT2D eigenvalue weighted by Crippen LogP contribution is -2.42. The molecule has 1 amide bonds. The van der Waals surface area contributed by atoms with Gasteiger partial charge in [0.1, 0.15) is 5.75 Å². The van der Waals surface area contributed by atoms with Crippen LogP contribution in [0.15, 0.2) is 42.5 Å². The average molecular weight is 698 g/mol. The van der Waals surface area contributed by atoms with Crippen molar-refractivity contribution in [3.8, 4) is 17.2 Å². The van der Waals surface area contributed by atoms with Crippen molar-refractivity contribution in [2.75, 3.05) is 53.3 Å². The Kier molecular flexibility index (Phi) is 15.9. The van der Waals surface area contributed by atoms with Gasteiger partial charge in [0.2, 0.25) is 12.7 Å². The van der Waals surface area contributed by atoms with E-state index in [1.807, 2.05) is 47.4 Å². The number of esters is 1. The predicted molar refractivity (Wildman–Crippen MR) is 189 cm³/mol. The van der Waals surface area contributed by atoms with Crippen LogP contribution in [0.3, 0.4) is 0 Å². The number of unbranched alkanes of at least 4 members (excludes halogenated alkanes) is 8. The Morgan fingerprint density at radius 1 is 0.860 bits per heavy atom. The summed E-state index contributed by atoms with van der Waals surface area (Å²) >= 11 is 0. The highest BCUT2D eigenvalue weighted by molar-refractivity contribution is 5.80. The Hall–Kier alpha value is -4.06. The van der Waals surface area contributed by atoms with E-state index in [0.717, 1.165) is 94.2 Å². The molecule has 2 aromatic rings. The molecule has 2 heterocycles. The number of methoxy groups -OCH3 is 1. The number of fused-ring (bicyclic) bond motifs is 1. The fraction of sp³-hybridized carbons (Fsp3) is 0.632. The van der Waals surface area contributed by atoms with Gasteiger partial charge in [-0.25, -0.2) is 0 Å². The highest BCUT2D eigenvalue weighted by atomic mass is 16.9. The van der Waals surface area contributed by atoms with Crippen molar-refractivity contribution in [3.63, 3.8) is 0 Å². The van der Waals surface area contributed by atoms with Crippen molar-refractivity contribution in [1.29, 1.82) is 0 Å². The fourth-order valence-electron chi connectivity index (χ4n) is 6.89. The highest BCUT2D eigenvalue weighted by Gasteiger charge is 2.49. The maximum atomic E-state index is 14.2. The molecule has 12 heteroatoms. The maximum Gasteiger partial charge on any atom is 0.311 e. The largest absolute Gasteiger partial charge is 0.497 e. The molecule has 4 rings (SSSR count). The van der Waals surface area contributed by atoms with Crippen LogP contribution in [0.2, 0.25) is 0 Å². The van der Waals surface area contributed by atoms with Gasteiger partial charge in [-0.1, -0.05) is 77.0 Å². The van der Waals surface area contributed by atoms with Gasteiger partial charge in [0.25, 0.3) is 5.09 Å². The zero-order valence-corrected chi connectivity index (χ0v) is 30.0. The summed E-state index contributed by atoms with van der Waals surface area (Å²) in [6, 6.07) is 13.2. The molecule has 0 bridgehead atoms. The van der Waals surface area contributed by atoms with Crippen LogP contribution in [0.25, 0.3) is 0 Å². The Bertz CT molecular complexity index is 1350. The van der Waals surface area contributed by atoms with Gasteiger partial charge in [0, 0.05) is 31.6 Å². The summed E-state index contributed by atoms with van der Waals surface area (Å²) in [6.45, 7) is 7.04. The van der Waals surface area contributed by atoms with Crippen LogP contribution < -0.4 is 14.2 Å². The number of rotatable bonds is 23. The van der Waals surface area contributed by atoms with Gasteiger partial charge in [-0.2, -0.15) is 0 Å². The molecular formula is C38H55N3O9. The van der Waals surface area contributed by atoms with E-state index >= 15 is 0 Å². The van der Waals surface area contributed by atoms with Gasteiger partial charge in [-0.3, -0.25) is 14.5 Å². The van der Waals surface area contributed by atoms with E-state index in [9.17, 15) is 19.7 Å². The first-order chi connectivity index (χ1) is 24.4. The predicted octanol–water partition coefficient (Wildman–Crippen LogP) is 7.09. The van der Waals surface area contributed by atoms with Gasteiger partial charge in [-0.05, 0) is 61.1 Å². The summed E-state index contributed by atoms with van der Waals surface area (Å²) in [5.74, 6) is 1.06. The first-order valence-corrected chi connectivity index (χ1v) is 18.4. The molecule has 12 nitrogen and oxygen atoms in total. The third-order valence-electron chi connectivity index (χ3n) is 9.64. The summed E-state index contributed by atoms with van der Waals surface area (Å²) in [7, 11) is 1.63. The Morgan fingerprint density at radius 2 is 1.48 bits per heavy atom. The first-order valence-electron chi connectivity index (χ1n) is 18.4. The topological polar surface area (TPSA) is 130 Å². The Labute approximate surface area is 296 Å². The number of hydrogen-bond donors (Lipinski definition) is 0. The molecule has 2 aliphatic heterocycles. The Balaban J connectivity index is 1.51. The molecule has 0 unspecified atom stereocenters. The van der Waals surface area contributed by atoms with Crippen molar-refractivity contribution < 1.29 is 38.5 Å². The lowest BCUT2D eigenvalue weighted by molar-refractivity contribution is -0.757. The lowest BCUT2D eigenvalue weighted by Gasteiger charge is -2.30. The van der Waals surface area contributed by atoms with E-state index in [1.54, 1.807) is 7.11 Å². The number of carbonyl (C=O) groups excluding carboxylic acids is 2. The van der Waals surface area contributed by atoms with Crippen LogP contribution in [0.5, 0.6) is 17.2 Å². The Morgan fingerprint density at radius 3 is 2.12 bits per heavy atom. The molecule has 50 heavy (non-hydrogen) atoms. The van der Waals surface area contributed by atoms with Crippen molar-refractivity contribution in [2.45, 2.75) is 96.4 Å². The normalized spacial score (nSPS) is 18.2. The molecule has 0 N–H and O–H groups in total. The van der Waals surface area contributed by atoms with Crippen molar-refractivity contribution >= 4 is 11.9 Å². The molecule has 2 aromatic carbocycles. The fourth-order valence-corrected chi connectivity index (χ4v) is 6.89. The summed E-state index contributed by atoms with van der Waals surface area (Å²) < 4.78 is 22.8. The average Bonchev–Trinajstić information content (AvgIpc) is 3.75. The van der Waals surface area contributed by atoms with Crippen molar-refractivity contribution in [2.24, 2.45) is 5.92 Å². The minimum absolute atomic E-state index is 0.0779. The second-order valence-electron chi connectivity index (χ2n) is 13.2. The second kappa shape index (κ2) is 20.6. The SMILES string of the molecule is CCCCN(CCCC)C(=O)CN1C[C@H](c2ccc3c(c2)OCO3)[C@@H](C(=O)OCCCCCCCCCO[N+](=O)[O-])[C@@H]1c1ccc(OC)cc1. The van der Waals surface area contributed by atoms with Crippen LogP contribution in [-0.2, 0) is 19.2 Å². The summed E-state index contributed by atoms with van der Waals surface area (Å²) in [5.41, 5.74) is 1.88. The number of ether oxygens (including phenoxy) is 4. The summed E-state index contributed by atoms with van der Waals surface area (Å²) in [4.78, 5) is 46.9. The number of hydrogen-bond acceptors (Lipinski definition) is 10. The first kappa shape index (κ1) is 38.7. The number of amides is 1. The third kappa shape index (κ3) is 11.2. The molecule has 0 aliphatic carbocycles. The number of carbonyl (C=O) groups is 2. The molecule has 3 atom stereocenters. The molecule has 0 spiro atoms. The monoisotopic (exact) mass is 697 g/mol. The molecule has 0 aromatic heterocycles. The van der Waals surface area contributed by atoms with Crippen molar-refractivity contribution in [1.82, 2.24) is 9.80 Å². The molecule has 0 saturated carbocycles. The minimum Gasteiger partial charge on any atom is -0.497 e. The summed E-state index contributed by atoms with van der Waals surface area (Å²) in [5, 5.41) is 9.52. The van der Waals surface area contributed by atoms with Gasteiger partial charge in [0.05, 0.1) is 32.8 Å². The van der Waals surface area contributed by atoms with E-state index in [0.29, 0.717) is 31.1 Å². The van der Waals surface area contributed by atoms with Crippen LogP contribution in [0, 0.1) is 16.0 Å². The molecule has 2 aliphatic rings. The molecule has 276 valence electrons. The molecule has 1 saturated heterocycles. The molecular weight excluding hydrogens is 642 g/mol. The highest BCUT2D eigenvalue weighted by Crippen LogP contribution is 2.48. The van der Waals surface area contributed by atoms with Crippen LogP contribution in [-0.4, -0.2) is 80.1 Å². The van der Waals surface area contributed by atoms with Crippen LogP contribution in [0.4, 0.5) is 0 Å². The van der Waals surface area contributed by atoms with Crippen molar-refractivity contribution in [3.05, 3.63) is 63.7 Å².